The Kier molecular flexibility index (Phi) is 4.94. The monoisotopic (exact) mass is 343 g/mol. The summed E-state index contributed by atoms with van der Waals surface area (Å²) in [6.45, 7) is 0.0312. The number of rotatable bonds is 5. The van der Waals surface area contributed by atoms with Crippen molar-refractivity contribution in [3.63, 3.8) is 0 Å². The first-order valence-corrected chi connectivity index (χ1v) is 8.54. The standard InChI is InChI=1S/C14H14FNO4S2/c1-16(8-10-4-3-5-11(15)6-10)22(18,19)12-7-13(21-9-12)14(17)20-2/h3-7,9H,8H2,1-2H3. The molecule has 0 atom stereocenters. The van der Waals surface area contributed by atoms with Crippen LogP contribution in [0, 0.1) is 5.82 Å². The second-order valence-electron chi connectivity index (χ2n) is 4.53. The normalized spacial score (nSPS) is 11.6. The van der Waals surface area contributed by atoms with E-state index in [2.05, 4.69) is 4.74 Å². The fourth-order valence-corrected chi connectivity index (χ4v) is 4.16. The third kappa shape index (κ3) is 3.52. The third-order valence-electron chi connectivity index (χ3n) is 2.96. The summed E-state index contributed by atoms with van der Waals surface area (Å²) in [7, 11) is -1.13. The van der Waals surface area contributed by atoms with Crippen LogP contribution in [0.5, 0.6) is 0 Å². The van der Waals surface area contributed by atoms with E-state index < -0.39 is 21.8 Å². The number of ether oxygens (including phenoxy) is 1. The molecular formula is C14H14FNO4S2. The lowest BCUT2D eigenvalue weighted by atomic mass is 10.2. The third-order valence-corrected chi connectivity index (χ3v) is 5.81. The smallest absolute Gasteiger partial charge is 0.348 e. The summed E-state index contributed by atoms with van der Waals surface area (Å²) in [5, 5.41) is 1.38. The number of methoxy groups -OCH3 is 1. The summed E-state index contributed by atoms with van der Waals surface area (Å²) in [6.07, 6.45) is 0. The van der Waals surface area contributed by atoms with Crippen LogP contribution in [0.15, 0.2) is 40.6 Å². The van der Waals surface area contributed by atoms with E-state index in [4.69, 9.17) is 0 Å². The maximum atomic E-state index is 13.2. The lowest BCUT2D eigenvalue weighted by molar-refractivity contribution is 0.0606. The van der Waals surface area contributed by atoms with E-state index in [1.54, 1.807) is 6.07 Å². The molecule has 0 bridgehead atoms. The van der Waals surface area contributed by atoms with Gasteiger partial charge in [-0.25, -0.2) is 17.6 Å². The van der Waals surface area contributed by atoms with Crippen molar-refractivity contribution in [1.82, 2.24) is 4.31 Å². The molecule has 0 saturated carbocycles. The zero-order valence-electron chi connectivity index (χ0n) is 11.9. The Morgan fingerprint density at radius 2 is 2.09 bits per heavy atom. The molecule has 8 heteroatoms. The van der Waals surface area contributed by atoms with E-state index in [1.165, 1.54) is 43.8 Å². The number of hydrogen-bond donors (Lipinski definition) is 0. The highest BCUT2D eigenvalue weighted by atomic mass is 32.2. The number of carbonyl (C=O) groups is 1. The van der Waals surface area contributed by atoms with E-state index in [1.807, 2.05) is 0 Å². The van der Waals surface area contributed by atoms with Crippen LogP contribution in [-0.2, 0) is 21.3 Å². The number of carbonyl (C=O) groups excluding carboxylic acids is 1. The Morgan fingerprint density at radius 3 is 2.73 bits per heavy atom. The van der Waals surface area contributed by atoms with Gasteiger partial charge >= 0.3 is 5.97 Å². The van der Waals surface area contributed by atoms with E-state index in [0.717, 1.165) is 15.6 Å². The van der Waals surface area contributed by atoms with Crippen molar-refractivity contribution in [2.45, 2.75) is 11.4 Å². The molecule has 0 aliphatic carbocycles. The molecule has 2 rings (SSSR count). The van der Waals surface area contributed by atoms with E-state index in [9.17, 15) is 17.6 Å². The average molecular weight is 343 g/mol. The van der Waals surface area contributed by atoms with Gasteiger partial charge in [-0.05, 0) is 23.8 Å². The van der Waals surface area contributed by atoms with E-state index in [-0.39, 0.29) is 16.3 Å². The molecular weight excluding hydrogens is 329 g/mol. The van der Waals surface area contributed by atoms with Crippen LogP contribution in [0.3, 0.4) is 0 Å². The van der Waals surface area contributed by atoms with Gasteiger partial charge < -0.3 is 4.74 Å². The number of hydrogen-bond acceptors (Lipinski definition) is 5. The number of esters is 1. The summed E-state index contributed by atoms with van der Waals surface area (Å²) in [4.78, 5) is 11.6. The van der Waals surface area contributed by atoms with Crippen molar-refractivity contribution >= 4 is 27.3 Å². The molecule has 0 aliphatic rings. The van der Waals surface area contributed by atoms with Crippen molar-refractivity contribution in [3.8, 4) is 0 Å². The Morgan fingerprint density at radius 1 is 1.36 bits per heavy atom. The second-order valence-corrected chi connectivity index (χ2v) is 7.49. The van der Waals surface area contributed by atoms with Gasteiger partial charge in [0.2, 0.25) is 10.0 Å². The number of thiophene rings is 1. The molecule has 0 fully saturated rings. The number of benzene rings is 1. The lowest BCUT2D eigenvalue weighted by Gasteiger charge is -2.16. The summed E-state index contributed by atoms with van der Waals surface area (Å²) >= 11 is 0.995. The zero-order valence-corrected chi connectivity index (χ0v) is 13.6. The molecule has 5 nitrogen and oxygen atoms in total. The largest absolute Gasteiger partial charge is 0.465 e. The molecule has 118 valence electrons. The van der Waals surface area contributed by atoms with Crippen LogP contribution < -0.4 is 0 Å². The Labute approximate surface area is 132 Å². The first-order valence-electron chi connectivity index (χ1n) is 6.22. The summed E-state index contributed by atoms with van der Waals surface area (Å²) < 4.78 is 43.7. The van der Waals surface area contributed by atoms with Crippen molar-refractivity contribution in [2.75, 3.05) is 14.2 Å². The topological polar surface area (TPSA) is 63.7 Å². The minimum atomic E-state index is -3.76. The minimum absolute atomic E-state index is 0.0109. The van der Waals surface area contributed by atoms with Gasteiger partial charge in [-0.15, -0.1) is 11.3 Å². The number of sulfonamides is 1. The Hall–Kier alpha value is -1.77. The summed E-state index contributed by atoms with van der Waals surface area (Å²) in [5.41, 5.74) is 0.537. The molecule has 2 aromatic rings. The molecule has 0 spiro atoms. The first kappa shape index (κ1) is 16.6. The maximum Gasteiger partial charge on any atom is 0.348 e. The van der Waals surface area contributed by atoms with Gasteiger partial charge in [0.05, 0.1) is 12.0 Å². The average Bonchev–Trinajstić information content (AvgIpc) is 2.97. The highest BCUT2D eigenvalue weighted by Gasteiger charge is 2.24. The fourth-order valence-electron chi connectivity index (χ4n) is 1.82. The summed E-state index contributed by atoms with van der Waals surface area (Å²) in [6, 6.07) is 7.00. The van der Waals surface area contributed by atoms with Crippen LogP contribution in [0.1, 0.15) is 15.2 Å². The second kappa shape index (κ2) is 6.55. The quantitative estimate of drug-likeness (QED) is 0.783. The van der Waals surface area contributed by atoms with Gasteiger partial charge in [0, 0.05) is 19.0 Å². The van der Waals surface area contributed by atoms with Crippen molar-refractivity contribution in [1.29, 1.82) is 0 Å². The van der Waals surface area contributed by atoms with Crippen LogP contribution in [0.25, 0.3) is 0 Å². The molecule has 0 unspecified atom stereocenters. The minimum Gasteiger partial charge on any atom is -0.465 e. The molecule has 0 amide bonds. The molecule has 0 N–H and O–H groups in total. The van der Waals surface area contributed by atoms with Gasteiger partial charge in [-0.2, -0.15) is 4.31 Å². The van der Waals surface area contributed by atoms with Crippen LogP contribution in [0.4, 0.5) is 4.39 Å². The van der Waals surface area contributed by atoms with Gasteiger partial charge in [-0.3, -0.25) is 0 Å². The fraction of sp³-hybridized carbons (Fsp3) is 0.214. The van der Waals surface area contributed by atoms with Crippen molar-refractivity contribution < 1.29 is 22.3 Å². The van der Waals surface area contributed by atoms with Crippen molar-refractivity contribution in [3.05, 3.63) is 52.0 Å². The number of halogens is 1. The van der Waals surface area contributed by atoms with E-state index >= 15 is 0 Å². The van der Waals surface area contributed by atoms with Gasteiger partial charge in [0.15, 0.2) is 0 Å². The highest BCUT2D eigenvalue weighted by Crippen LogP contribution is 2.23. The molecule has 1 aromatic heterocycles. The predicted molar refractivity (Wildman–Crippen MR) is 80.7 cm³/mol. The SMILES string of the molecule is COC(=O)c1cc(S(=O)(=O)N(C)Cc2cccc(F)c2)cs1. The molecule has 0 saturated heterocycles. The molecule has 0 radical (unpaired) electrons. The maximum absolute atomic E-state index is 13.2. The molecule has 1 heterocycles. The van der Waals surface area contributed by atoms with Gasteiger partial charge in [0.1, 0.15) is 10.7 Å². The summed E-state index contributed by atoms with van der Waals surface area (Å²) in [5.74, 6) is -1.01. The lowest BCUT2D eigenvalue weighted by Crippen LogP contribution is -2.26. The van der Waals surface area contributed by atoms with Crippen LogP contribution in [-0.4, -0.2) is 32.8 Å². The van der Waals surface area contributed by atoms with E-state index in [0.29, 0.717) is 5.56 Å². The van der Waals surface area contributed by atoms with Gasteiger partial charge in [-0.1, -0.05) is 12.1 Å². The molecule has 0 aliphatic heterocycles. The Bertz CT molecular complexity index is 786. The van der Waals surface area contributed by atoms with Crippen LogP contribution in [0.2, 0.25) is 0 Å². The zero-order chi connectivity index (χ0) is 16.3. The van der Waals surface area contributed by atoms with Crippen molar-refractivity contribution in [2.24, 2.45) is 0 Å². The number of nitrogens with zero attached hydrogens (tertiary/aromatic N) is 1. The molecule has 22 heavy (non-hydrogen) atoms. The Balaban J connectivity index is 2.22. The first-order chi connectivity index (χ1) is 10.3. The predicted octanol–water partition coefficient (Wildman–Crippen LogP) is 2.49. The van der Waals surface area contributed by atoms with Crippen LogP contribution >= 0.6 is 11.3 Å². The molecule has 1 aromatic carbocycles. The van der Waals surface area contributed by atoms with Gasteiger partial charge in [0.25, 0.3) is 0 Å². The highest BCUT2D eigenvalue weighted by molar-refractivity contribution is 7.89.